The van der Waals surface area contributed by atoms with E-state index in [-0.39, 0.29) is 5.91 Å². The van der Waals surface area contributed by atoms with Gasteiger partial charge in [-0.05, 0) is 43.3 Å². The van der Waals surface area contributed by atoms with Crippen molar-refractivity contribution in [2.45, 2.75) is 13.5 Å². The minimum Gasteiger partial charge on any atom is -0.324 e. The molecule has 0 aliphatic carbocycles. The molecule has 0 atom stereocenters. The zero-order valence-corrected chi connectivity index (χ0v) is 18.6. The molecule has 5 aromatic rings. The number of hydrogen-bond acceptors (Lipinski definition) is 5. The number of aromatic nitrogens is 5. The number of carbonyl (C=O) groups excluding carboxylic acids is 1. The maximum Gasteiger partial charge on any atom is 0.259 e. The largest absolute Gasteiger partial charge is 0.324 e. The molecule has 8 nitrogen and oxygen atoms in total. The first-order chi connectivity index (χ1) is 16.6. The fraction of sp³-hybridized carbons (Fsp3) is 0.0769. The quantitative estimate of drug-likeness (QED) is 0.357. The molecule has 0 aliphatic heterocycles. The lowest BCUT2D eigenvalue weighted by Gasteiger charge is -2.06. The van der Waals surface area contributed by atoms with Crippen LogP contribution in [0.1, 0.15) is 21.7 Å². The maximum absolute atomic E-state index is 13.3. The molecule has 34 heavy (non-hydrogen) atoms. The van der Waals surface area contributed by atoms with Crippen LogP contribution in [0, 0.1) is 6.92 Å². The van der Waals surface area contributed by atoms with Crippen molar-refractivity contribution >= 4 is 11.6 Å². The summed E-state index contributed by atoms with van der Waals surface area (Å²) in [4.78, 5) is 17.6. The summed E-state index contributed by atoms with van der Waals surface area (Å²) in [5.74, 6) is 0.934. The van der Waals surface area contributed by atoms with E-state index >= 15 is 0 Å². The Morgan fingerprint density at radius 2 is 1.71 bits per heavy atom. The third kappa shape index (κ3) is 4.35. The van der Waals surface area contributed by atoms with Crippen LogP contribution < -0.4 is 11.1 Å². The Labute approximate surface area is 196 Å². The molecule has 4 N–H and O–H groups in total. The van der Waals surface area contributed by atoms with E-state index in [1.54, 1.807) is 10.9 Å². The lowest BCUT2D eigenvalue weighted by Crippen LogP contribution is -2.12. The van der Waals surface area contributed by atoms with Crippen molar-refractivity contribution in [1.29, 1.82) is 0 Å². The fourth-order valence-electron chi connectivity index (χ4n) is 3.60. The SMILES string of the molecule is Cc1ccc(-n2cc(C(=O)Nc3ccc(-c4n[nH]c(CN)n4)cc3)c(-c3ccccc3)n2)cc1. The molecule has 0 saturated heterocycles. The first-order valence-corrected chi connectivity index (χ1v) is 10.9. The standard InChI is InChI=1S/C26H23N7O/c1-17-7-13-21(14-8-17)33-16-22(24(32-33)18-5-3-2-4-6-18)26(34)28-20-11-9-19(10-12-20)25-29-23(15-27)30-31-25/h2-14,16H,15,27H2,1H3,(H,28,34)(H,29,30,31). The van der Waals surface area contributed by atoms with Crippen LogP contribution in [0.5, 0.6) is 0 Å². The van der Waals surface area contributed by atoms with Crippen molar-refractivity contribution in [2.24, 2.45) is 5.73 Å². The van der Waals surface area contributed by atoms with Crippen LogP contribution in [-0.2, 0) is 6.54 Å². The van der Waals surface area contributed by atoms with Gasteiger partial charge in [-0.1, -0.05) is 48.0 Å². The number of nitrogens with zero attached hydrogens (tertiary/aromatic N) is 4. The first-order valence-electron chi connectivity index (χ1n) is 10.9. The van der Waals surface area contributed by atoms with E-state index in [4.69, 9.17) is 10.8 Å². The molecular formula is C26H23N7O. The van der Waals surface area contributed by atoms with Crippen LogP contribution in [0.2, 0.25) is 0 Å². The second-order valence-corrected chi connectivity index (χ2v) is 7.88. The number of amides is 1. The van der Waals surface area contributed by atoms with Crippen molar-refractivity contribution in [3.05, 3.63) is 102 Å². The molecule has 0 radical (unpaired) electrons. The zero-order valence-electron chi connectivity index (χ0n) is 18.6. The third-order valence-electron chi connectivity index (χ3n) is 5.43. The molecule has 1 amide bonds. The smallest absolute Gasteiger partial charge is 0.259 e. The van der Waals surface area contributed by atoms with Crippen molar-refractivity contribution in [2.75, 3.05) is 5.32 Å². The fourth-order valence-corrected chi connectivity index (χ4v) is 3.60. The normalized spacial score (nSPS) is 10.9. The number of nitrogens with one attached hydrogen (secondary N) is 2. The average Bonchev–Trinajstić information content (AvgIpc) is 3.54. The number of carbonyl (C=O) groups is 1. The highest BCUT2D eigenvalue weighted by atomic mass is 16.1. The third-order valence-corrected chi connectivity index (χ3v) is 5.43. The number of nitrogens with two attached hydrogens (primary N) is 1. The monoisotopic (exact) mass is 449 g/mol. The number of benzene rings is 3. The Bertz CT molecular complexity index is 1420. The van der Waals surface area contributed by atoms with E-state index in [0.717, 1.165) is 22.4 Å². The lowest BCUT2D eigenvalue weighted by molar-refractivity contribution is 0.102. The first kappa shape index (κ1) is 21.3. The van der Waals surface area contributed by atoms with Crippen molar-refractivity contribution in [1.82, 2.24) is 25.0 Å². The van der Waals surface area contributed by atoms with E-state index in [0.29, 0.717) is 35.1 Å². The van der Waals surface area contributed by atoms with Crippen LogP contribution in [-0.4, -0.2) is 30.9 Å². The van der Waals surface area contributed by atoms with Gasteiger partial charge in [0, 0.05) is 23.0 Å². The Hall–Kier alpha value is -4.56. The number of aromatic amines is 1. The van der Waals surface area contributed by atoms with Crippen LogP contribution >= 0.6 is 0 Å². The van der Waals surface area contributed by atoms with Gasteiger partial charge in [-0.15, -0.1) is 0 Å². The Kier molecular flexibility index (Phi) is 5.72. The summed E-state index contributed by atoms with van der Waals surface area (Å²) in [5, 5.41) is 14.7. The molecule has 0 spiro atoms. The Morgan fingerprint density at radius 3 is 2.38 bits per heavy atom. The summed E-state index contributed by atoms with van der Waals surface area (Å²) in [6.07, 6.45) is 1.76. The summed E-state index contributed by atoms with van der Waals surface area (Å²) >= 11 is 0. The van der Waals surface area contributed by atoms with Crippen molar-refractivity contribution in [3.8, 4) is 28.3 Å². The molecule has 2 heterocycles. The number of anilines is 1. The van der Waals surface area contributed by atoms with Gasteiger partial charge in [-0.25, -0.2) is 9.67 Å². The van der Waals surface area contributed by atoms with Gasteiger partial charge < -0.3 is 11.1 Å². The van der Waals surface area contributed by atoms with Crippen LogP contribution in [0.4, 0.5) is 5.69 Å². The molecule has 0 unspecified atom stereocenters. The van der Waals surface area contributed by atoms with Crippen LogP contribution in [0.3, 0.4) is 0 Å². The lowest BCUT2D eigenvalue weighted by atomic mass is 10.1. The van der Waals surface area contributed by atoms with E-state index < -0.39 is 0 Å². The van der Waals surface area contributed by atoms with Gasteiger partial charge in [-0.2, -0.15) is 10.2 Å². The topological polar surface area (TPSA) is 115 Å². The van der Waals surface area contributed by atoms with Gasteiger partial charge in [0.15, 0.2) is 5.82 Å². The van der Waals surface area contributed by atoms with Gasteiger partial charge in [0.05, 0.1) is 17.8 Å². The van der Waals surface area contributed by atoms with E-state index in [1.165, 1.54) is 0 Å². The van der Waals surface area contributed by atoms with Crippen LogP contribution in [0.15, 0.2) is 85.1 Å². The minimum atomic E-state index is -0.242. The molecular weight excluding hydrogens is 426 g/mol. The molecule has 5 rings (SSSR count). The van der Waals surface area contributed by atoms with E-state index in [2.05, 4.69) is 20.5 Å². The molecule has 3 aromatic carbocycles. The van der Waals surface area contributed by atoms with Crippen LogP contribution in [0.25, 0.3) is 28.3 Å². The highest BCUT2D eigenvalue weighted by molar-refractivity contribution is 6.08. The molecule has 8 heteroatoms. The minimum absolute atomic E-state index is 0.242. The van der Waals surface area contributed by atoms with Gasteiger partial charge in [0.2, 0.25) is 0 Å². The van der Waals surface area contributed by atoms with Crippen molar-refractivity contribution < 1.29 is 4.79 Å². The molecule has 2 aromatic heterocycles. The highest BCUT2D eigenvalue weighted by Crippen LogP contribution is 2.25. The molecule has 0 aliphatic rings. The number of aryl methyl sites for hydroxylation is 1. The summed E-state index contributed by atoms with van der Waals surface area (Å²) in [7, 11) is 0. The number of H-pyrrole nitrogens is 1. The summed E-state index contributed by atoms with van der Waals surface area (Å²) in [6, 6.07) is 25.0. The van der Waals surface area contributed by atoms with Gasteiger partial charge in [0.25, 0.3) is 5.91 Å². The maximum atomic E-state index is 13.3. The zero-order chi connectivity index (χ0) is 23.5. The molecule has 168 valence electrons. The Morgan fingerprint density at radius 1 is 0.971 bits per heavy atom. The number of rotatable bonds is 6. The highest BCUT2D eigenvalue weighted by Gasteiger charge is 2.19. The summed E-state index contributed by atoms with van der Waals surface area (Å²) < 4.78 is 1.73. The second-order valence-electron chi connectivity index (χ2n) is 7.88. The Balaban J connectivity index is 1.44. The summed E-state index contributed by atoms with van der Waals surface area (Å²) in [5.41, 5.74) is 11.1. The molecule has 0 saturated carbocycles. The second kappa shape index (κ2) is 9.13. The predicted octanol–water partition coefficient (Wildman–Crippen LogP) is 4.34. The van der Waals surface area contributed by atoms with Gasteiger partial charge in [0.1, 0.15) is 11.5 Å². The van der Waals surface area contributed by atoms with Gasteiger partial charge in [-0.3, -0.25) is 9.89 Å². The van der Waals surface area contributed by atoms with Gasteiger partial charge >= 0.3 is 0 Å². The van der Waals surface area contributed by atoms with Crippen molar-refractivity contribution in [3.63, 3.8) is 0 Å². The average molecular weight is 450 g/mol. The van der Waals surface area contributed by atoms with E-state index in [9.17, 15) is 4.79 Å². The van der Waals surface area contributed by atoms with E-state index in [1.807, 2.05) is 85.8 Å². The molecule has 0 fully saturated rings. The predicted molar refractivity (Wildman–Crippen MR) is 131 cm³/mol. The molecule has 0 bridgehead atoms. The number of hydrogen-bond donors (Lipinski definition) is 3. The summed E-state index contributed by atoms with van der Waals surface area (Å²) in [6.45, 7) is 2.33.